The molecule has 6 heteroatoms. The zero-order chi connectivity index (χ0) is 13.0. The molecule has 0 saturated carbocycles. The summed E-state index contributed by atoms with van der Waals surface area (Å²) in [6, 6.07) is 3.16. The lowest BCUT2D eigenvalue weighted by atomic mass is 10.1. The van der Waals surface area contributed by atoms with Gasteiger partial charge in [-0.3, -0.25) is 10.1 Å². The first kappa shape index (κ1) is 13.2. The van der Waals surface area contributed by atoms with E-state index < -0.39 is 4.92 Å². The SMILES string of the molecule is CNc1ccc([N+](=O)[O-])c(NC(C)C(C)C)n1. The molecule has 94 valence electrons. The number of pyridine rings is 1. The van der Waals surface area contributed by atoms with E-state index in [0.29, 0.717) is 17.6 Å². The number of hydrogen-bond donors (Lipinski definition) is 2. The minimum Gasteiger partial charge on any atom is -0.373 e. The third kappa shape index (κ3) is 3.30. The highest BCUT2D eigenvalue weighted by molar-refractivity contribution is 5.60. The maximum Gasteiger partial charge on any atom is 0.311 e. The van der Waals surface area contributed by atoms with Gasteiger partial charge < -0.3 is 10.6 Å². The average molecular weight is 238 g/mol. The largest absolute Gasteiger partial charge is 0.373 e. The fourth-order valence-corrected chi connectivity index (χ4v) is 1.23. The maximum absolute atomic E-state index is 10.9. The van der Waals surface area contributed by atoms with E-state index in [2.05, 4.69) is 15.6 Å². The smallest absolute Gasteiger partial charge is 0.311 e. The monoisotopic (exact) mass is 238 g/mol. The number of nitrogens with one attached hydrogen (secondary N) is 2. The Kier molecular flexibility index (Phi) is 4.25. The Bertz CT molecular complexity index is 406. The lowest BCUT2D eigenvalue weighted by molar-refractivity contribution is -0.384. The second-order valence-corrected chi connectivity index (χ2v) is 4.25. The molecular formula is C11H18N4O2. The molecule has 6 nitrogen and oxygen atoms in total. The zero-order valence-corrected chi connectivity index (χ0v) is 10.5. The number of rotatable bonds is 5. The van der Waals surface area contributed by atoms with Crippen molar-refractivity contribution >= 4 is 17.3 Å². The van der Waals surface area contributed by atoms with E-state index >= 15 is 0 Å². The Hall–Kier alpha value is -1.85. The first-order valence-corrected chi connectivity index (χ1v) is 5.55. The summed E-state index contributed by atoms with van der Waals surface area (Å²) in [6.07, 6.45) is 0. The molecule has 0 saturated heterocycles. The second kappa shape index (κ2) is 5.47. The third-order valence-corrected chi connectivity index (χ3v) is 2.69. The van der Waals surface area contributed by atoms with Crippen LogP contribution in [0.5, 0.6) is 0 Å². The summed E-state index contributed by atoms with van der Waals surface area (Å²) < 4.78 is 0. The minimum absolute atomic E-state index is 0.00324. The highest BCUT2D eigenvalue weighted by Gasteiger charge is 2.18. The number of aromatic nitrogens is 1. The molecule has 17 heavy (non-hydrogen) atoms. The molecule has 0 spiro atoms. The fourth-order valence-electron chi connectivity index (χ4n) is 1.23. The van der Waals surface area contributed by atoms with Crippen molar-refractivity contribution in [3.8, 4) is 0 Å². The summed E-state index contributed by atoms with van der Waals surface area (Å²) >= 11 is 0. The highest BCUT2D eigenvalue weighted by atomic mass is 16.6. The summed E-state index contributed by atoms with van der Waals surface area (Å²) in [6.45, 7) is 6.07. The van der Waals surface area contributed by atoms with Gasteiger partial charge in [0.05, 0.1) is 4.92 Å². The van der Waals surface area contributed by atoms with E-state index in [-0.39, 0.29) is 11.7 Å². The second-order valence-electron chi connectivity index (χ2n) is 4.25. The van der Waals surface area contributed by atoms with Gasteiger partial charge >= 0.3 is 5.69 Å². The summed E-state index contributed by atoms with van der Waals surface area (Å²) in [5.74, 6) is 1.28. The molecule has 1 aromatic rings. The molecule has 1 heterocycles. The van der Waals surface area contributed by atoms with Gasteiger partial charge in [-0.05, 0) is 18.9 Å². The van der Waals surface area contributed by atoms with Crippen molar-refractivity contribution in [2.24, 2.45) is 5.92 Å². The Balaban J connectivity index is 3.05. The van der Waals surface area contributed by atoms with E-state index in [1.165, 1.54) is 6.07 Å². The van der Waals surface area contributed by atoms with Crippen LogP contribution in [0.3, 0.4) is 0 Å². The van der Waals surface area contributed by atoms with Gasteiger partial charge in [0, 0.05) is 19.2 Å². The third-order valence-electron chi connectivity index (χ3n) is 2.69. The van der Waals surface area contributed by atoms with Crippen LogP contribution in [-0.4, -0.2) is 23.0 Å². The Morgan fingerprint density at radius 1 is 1.35 bits per heavy atom. The molecule has 0 aliphatic heterocycles. The molecule has 1 atom stereocenters. The Morgan fingerprint density at radius 2 is 2.00 bits per heavy atom. The number of nitro groups is 1. The van der Waals surface area contributed by atoms with Crippen molar-refractivity contribution in [3.63, 3.8) is 0 Å². The molecule has 2 N–H and O–H groups in total. The molecule has 0 radical (unpaired) electrons. The summed E-state index contributed by atoms with van der Waals surface area (Å²) in [5.41, 5.74) is -0.00324. The van der Waals surface area contributed by atoms with Crippen molar-refractivity contribution in [2.75, 3.05) is 17.7 Å². The molecule has 1 unspecified atom stereocenters. The van der Waals surface area contributed by atoms with Crippen LogP contribution in [0.25, 0.3) is 0 Å². The fraction of sp³-hybridized carbons (Fsp3) is 0.545. The van der Waals surface area contributed by atoms with E-state index in [9.17, 15) is 10.1 Å². The summed E-state index contributed by atoms with van der Waals surface area (Å²) in [5, 5.41) is 16.8. The molecular weight excluding hydrogens is 220 g/mol. The van der Waals surface area contributed by atoms with E-state index in [4.69, 9.17) is 0 Å². The molecule has 0 bridgehead atoms. The number of anilines is 2. The maximum atomic E-state index is 10.9. The number of nitrogens with zero attached hydrogens (tertiary/aromatic N) is 2. The van der Waals surface area contributed by atoms with Crippen LogP contribution in [0.2, 0.25) is 0 Å². The van der Waals surface area contributed by atoms with Crippen molar-refractivity contribution in [3.05, 3.63) is 22.2 Å². The predicted molar refractivity (Wildman–Crippen MR) is 68.4 cm³/mol. The van der Waals surface area contributed by atoms with E-state index in [0.717, 1.165) is 0 Å². The average Bonchev–Trinajstić information content (AvgIpc) is 2.28. The van der Waals surface area contributed by atoms with Crippen molar-refractivity contribution in [2.45, 2.75) is 26.8 Å². The van der Waals surface area contributed by atoms with Crippen LogP contribution in [0, 0.1) is 16.0 Å². The molecule has 1 aromatic heterocycles. The lowest BCUT2D eigenvalue weighted by Crippen LogP contribution is -2.22. The highest BCUT2D eigenvalue weighted by Crippen LogP contribution is 2.25. The van der Waals surface area contributed by atoms with Crippen molar-refractivity contribution in [1.29, 1.82) is 0 Å². The molecule has 0 aliphatic rings. The van der Waals surface area contributed by atoms with Gasteiger partial charge in [-0.1, -0.05) is 13.8 Å². The first-order valence-electron chi connectivity index (χ1n) is 5.55. The van der Waals surface area contributed by atoms with Crippen LogP contribution < -0.4 is 10.6 Å². The van der Waals surface area contributed by atoms with E-state index in [1.54, 1.807) is 13.1 Å². The van der Waals surface area contributed by atoms with Gasteiger partial charge in [0.2, 0.25) is 5.82 Å². The van der Waals surface area contributed by atoms with Gasteiger partial charge in [-0.25, -0.2) is 4.98 Å². The van der Waals surface area contributed by atoms with Crippen molar-refractivity contribution < 1.29 is 4.92 Å². The summed E-state index contributed by atoms with van der Waals surface area (Å²) in [7, 11) is 1.73. The molecule has 0 amide bonds. The van der Waals surface area contributed by atoms with Crippen molar-refractivity contribution in [1.82, 2.24) is 4.98 Å². The van der Waals surface area contributed by atoms with Crippen LogP contribution in [0.4, 0.5) is 17.3 Å². The molecule has 0 aliphatic carbocycles. The lowest BCUT2D eigenvalue weighted by Gasteiger charge is -2.18. The van der Waals surface area contributed by atoms with Gasteiger partial charge in [0.1, 0.15) is 5.82 Å². The van der Waals surface area contributed by atoms with Gasteiger partial charge in [0.25, 0.3) is 0 Å². The normalized spacial score (nSPS) is 12.3. The molecule has 0 aromatic carbocycles. The number of hydrogen-bond acceptors (Lipinski definition) is 5. The Labute approximate surface area is 101 Å². The standard InChI is InChI=1S/C11H18N4O2/c1-7(2)8(3)13-11-9(15(16)17)5-6-10(12-4)14-11/h5-8H,1-4H3,(H2,12,13,14). The zero-order valence-electron chi connectivity index (χ0n) is 10.5. The summed E-state index contributed by atoms with van der Waals surface area (Å²) in [4.78, 5) is 14.6. The van der Waals surface area contributed by atoms with Gasteiger partial charge in [-0.15, -0.1) is 0 Å². The Morgan fingerprint density at radius 3 is 2.47 bits per heavy atom. The minimum atomic E-state index is -0.429. The van der Waals surface area contributed by atoms with E-state index in [1.807, 2.05) is 20.8 Å². The van der Waals surface area contributed by atoms with Gasteiger partial charge in [0.15, 0.2) is 0 Å². The van der Waals surface area contributed by atoms with Gasteiger partial charge in [-0.2, -0.15) is 0 Å². The molecule has 0 fully saturated rings. The van der Waals surface area contributed by atoms with Crippen LogP contribution in [0.1, 0.15) is 20.8 Å². The van der Waals surface area contributed by atoms with Crippen LogP contribution in [-0.2, 0) is 0 Å². The van der Waals surface area contributed by atoms with Crippen LogP contribution in [0.15, 0.2) is 12.1 Å². The molecule has 1 rings (SSSR count). The topological polar surface area (TPSA) is 80.1 Å². The van der Waals surface area contributed by atoms with Crippen LogP contribution >= 0.6 is 0 Å². The first-order chi connectivity index (χ1) is 7.95. The predicted octanol–water partition coefficient (Wildman–Crippen LogP) is 2.49. The quantitative estimate of drug-likeness (QED) is 0.608.